The summed E-state index contributed by atoms with van der Waals surface area (Å²) in [5, 5.41) is 6.88. The molecule has 0 unspecified atom stereocenters. The van der Waals surface area contributed by atoms with Crippen molar-refractivity contribution in [1.29, 1.82) is 0 Å². The number of hydrazone groups is 1. The highest BCUT2D eigenvalue weighted by molar-refractivity contribution is 6.00. The maximum atomic E-state index is 12.1. The minimum absolute atomic E-state index is 0.133. The van der Waals surface area contributed by atoms with Crippen molar-refractivity contribution in [2.75, 3.05) is 0 Å². The first-order valence-corrected chi connectivity index (χ1v) is 9.87. The summed E-state index contributed by atoms with van der Waals surface area (Å²) in [6.45, 7) is 2.19. The van der Waals surface area contributed by atoms with Gasteiger partial charge in [-0.2, -0.15) is 5.10 Å². The van der Waals surface area contributed by atoms with Crippen molar-refractivity contribution in [3.05, 3.63) is 96.1 Å². The monoisotopic (exact) mass is 399 g/mol. The maximum absolute atomic E-state index is 12.1. The molecule has 3 aromatic rings. The number of hydrogen-bond acceptors (Lipinski definition) is 3. The minimum atomic E-state index is -0.216. The number of benzene rings is 3. The Labute approximate surface area is 176 Å². The molecular formula is C25H25N3O2. The molecule has 0 heterocycles. The van der Waals surface area contributed by atoms with E-state index in [-0.39, 0.29) is 24.7 Å². The Morgan fingerprint density at radius 2 is 1.33 bits per heavy atom. The highest BCUT2D eigenvalue weighted by atomic mass is 16.2. The molecule has 5 heteroatoms. The van der Waals surface area contributed by atoms with Gasteiger partial charge in [-0.3, -0.25) is 9.59 Å². The van der Waals surface area contributed by atoms with Crippen molar-refractivity contribution < 1.29 is 9.59 Å². The second-order valence-corrected chi connectivity index (χ2v) is 7.06. The van der Waals surface area contributed by atoms with Gasteiger partial charge in [-0.05, 0) is 29.2 Å². The van der Waals surface area contributed by atoms with Crippen LogP contribution in [0.5, 0.6) is 0 Å². The first-order valence-electron chi connectivity index (χ1n) is 9.87. The van der Waals surface area contributed by atoms with E-state index in [0.29, 0.717) is 12.3 Å². The fourth-order valence-electron chi connectivity index (χ4n) is 2.96. The summed E-state index contributed by atoms with van der Waals surface area (Å²) in [5.74, 6) is -0.350. The third kappa shape index (κ3) is 6.71. The standard InChI is InChI=1S/C25H25N3O2/c1-19(16-24(29)26-18-21-8-4-2-5-9-21)27-28-25(30)17-20-12-14-23(15-13-20)22-10-6-3-7-11-22/h2-15H,16-18H2,1H3,(H,26,29)(H,28,30)/b27-19-. The van der Waals surface area contributed by atoms with Crippen LogP contribution in [-0.4, -0.2) is 17.5 Å². The lowest BCUT2D eigenvalue weighted by atomic mass is 10.0. The maximum Gasteiger partial charge on any atom is 0.244 e. The molecule has 3 aromatic carbocycles. The molecule has 0 radical (unpaired) electrons. The number of amides is 2. The zero-order valence-electron chi connectivity index (χ0n) is 17.0. The van der Waals surface area contributed by atoms with Crippen molar-refractivity contribution in [2.24, 2.45) is 5.10 Å². The first kappa shape index (κ1) is 21.0. The fourth-order valence-corrected chi connectivity index (χ4v) is 2.96. The lowest BCUT2D eigenvalue weighted by Crippen LogP contribution is -2.26. The Kier molecular flexibility index (Phi) is 7.50. The van der Waals surface area contributed by atoms with Gasteiger partial charge in [-0.1, -0.05) is 84.9 Å². The van der Waals surface area contributed by atoms with Gasteiger partial charge in [0, 0.05) is 12.3 Å². The van der Waals surface area contributed by atoms with Crippen LogP contribution < -0.4 is 10.7 Å². The lowest BCUT2D eigenvalue weighted by Gasteiger charge is -2.06. The second kappa shape index (κ2) is 10.7. The summed E-state index contributed by atoms with van der Waals surface area (Å²) in [6, 6.07) is 27.7. The van der Waals surface area contributed by atoms with Crippen LogP contribution in [0, 0.1) is 0 Å². The van der Waals surface area contributed by atoms with E-state index in [1.807, 2.05) is 72.8 Å². The van der Waals surface area contributed by atoms with Crippen LogP contribution in [0.15, 0.2) is 90.0 Å². The molecule has 5 nitrogen and oxygen atoms in total. The van der Waals surface area contributed by atoms with E-state index in [2.05, 4.69) is 28.0 Å². The third-order valence-electron chi connectivity index (χ3n) is 4.55. The van der Waals surface area contributed by atoms with Crippen LogP contribution in [0.2, 0.25) is 0 Å². The van der Waals surface area contributed by atoms with Gasteiger partial charge in [0.05, 0.1) is 12.8 Å². The first-order chi connectivity index (χ1) is 14.6. The molecule has 3 rings (SSSR count). The van der Waals surface area contributed by atoms with Crippen molar-refractivity contribution >= 4 is 17.5 Å². The van der Waals surface area contributed by atoms with Crippen LogP contribution in [-0.2, 0) is 22.6 Å². The molecule has 0 aliphatic heterocycles. The van der Waals surface area contributed by atoms with Gasteiger partial charge in [-0.25, -0.2) is 5.43 Å². The largest absolute Gasteiger partial charge is 0.352 e. The summed E-state index contributed by atoms with van der Waals surface area (Å²) in [5.41, 5.74) is 7.26. The molecule has 152 valence electrons. The molecule has 0 saturated carbocycles. The molecule has 0 bridgehead atoms. The fraction of sp³-hybridized carbons (Fsp3) is 0.160. The van der Waals surface area contributed by atoms with Crippen LogP contribution in [0.3, 0.4) is 0 Å². The Hall–Kier alpha value is -3.73. The molecule has 0 spiro atoms. The van der Waals surface area contributed by atoms with E-state index in [1.54, 1.807) is 6.92 Å². The van der Waals surface area contributed by atoms with Crippen LogP contribution in [0.1, 0.15) is 24.5 Å². The molecule has 0 aliphatic carbocycles. The highest BCUT2D eigenvalue weighted by Gasteiger charge is 2.06. The second-order valence-electron chi connectivity index (χ2n) is 7.06. The number of nitrogens with zero attached hydrogens (tertiary/aromatic N) is 1. The SMILES string of the molecule is C/C(CC(=O)NCc1ccccc1)=N/NC(=O)Cc1ccc(-c2ccccc2)cc1. The Morgan fingerprint density at radius 1 is 0.733 bits per heavy atom. The quantitative estimate of drug-likeness (QED) is 0.442. The predicted octanol–water partition coefficient (Wildman–Crippen LogP) is 4.09. The van der Waals surface area contributed by atoms with E-state index in [0.717, 1.165) is 22.3 Å². The van der Waals surface area contributed by atoms with Crippen molar-refractivity contribution in [1.82, 2.24) is 10.7 Å². The van der Waals surface area contributed by atoms with Gasteiger partial charge in [0.1, 0.15) is 0 Å². The normalized spacial score (nSPS) is 11.0. The van der Waals surface area contributed by atoms with Gasteiger partial charge in [-0.15, -0.1) is 0 Å². The third-order valence-corrected chi connectivity index (χ3v) is 4.55. The number of rotatable bonds is 8. The van der Waals surface area contributed by atoms with E-state index in [9.17, 15) is 9.59 Å². The summed E-state index contributed by atoms with van der Waals surface area (Å²) < 4.78 is 0. The van der Waals surface area contributed by atoms with E-state index >= 15 is 0 Å². The Bertz CT molecular complexity index is 998. The number of hydrogen-bond donors (Lipinski definition) is 2. The molecule has 0 saturated heterocycles. The Morgan fingerprint density at radius 3 is 2.00 bits per heavy atom. The van der Waals surface area contributed by atoms with Gasteiger partial charge < -0.3 is 5.32 Å². The summed E-state index contributed by atoms with van der Waals surface area (Å²) >= 11 is 0. The summed E-state index contributed by atoms with van der Waals surface area (Å²) in [6.07, 6.45) is 0.366. The average Bonchev–Trinajstić information content (AvgIpc) is 2.78. The van der Waals surface area contributed by atoms with Crippen LogP contribution >= 0.6 is 0 Å². The van der Waals surface area contributed by atoms with E-state index < -0.39 is 0 Å². The smallest absolute Gasteiger partial charge is 0.244 e. The molecular weight excluding hydrogens is 374 g/mol. The van der Waals surface area contributed by atoms with Crippen molar-refractivity contribution in [3.8, 4) is 11.1 Å². The zero-order chi connectivity index (χ0) is 21.2. The Balaban J connectivity index is 1.43. The molecule has 2 amide bonds. The van der Waals surface area contributed by atoms with Gasteiger partial charge in [0.2, 0.25) is 11.8 Å². The molecule has 30 heavy (non-hydrogen) atoms. The summed E-state index contributed by atoms with van der Waals surface area (Å²) in [4.78, 5) is 24.2. The molecule has 0 aliphatic rings. The minimum Gasteiger partial charge on any atom is -0.352 e. The predicted molar refractivity (Wildman–Crippen MR) is 120 cm³/mol. The summed E-state index contributed by atoms with van der Waals surface area (Å²) in [7, 11) is 0. The van der Waals surface area contributed by atoms with Crippen LogP contribution in [0.4, 0.5) is 0 Å². The van der Waals surface area contributed by atoms with Crippen molar-refractivity contribution in [2.45, 2.75) is 26.3 Å². The lowest BCUT2D eigenvalue weighted by molar-refractivity contribution is -0.121. The molecule has 0 fully saturated rings. The highest BCUT2D eigenvalue weighted by Crippen LogP contribution is 2.19. The number of carbonyl (C=O) groups is 2. The molecule has 0 aromatic heterocycles. The topological polar surface area (TPSA) is 70.6 Å². The zero-order valence-corrected chi connectivity index (χ0v) is 17.0. The van der Waals surface area contributed by atoms with Crippen molar-refractivity contribution in [3.63, 3.8) is 0 Å². The van der Waals surface area contributed by atoms with E-state index in [4.69, 9.17) is 0 Å². The van der Waals surface area contributed by atoms with E-state index in [1.165, 1.54) is 0 Å². The average molecular weight is 399 g/mol. The van der Waals surface area contributed by atoms with Gasteiger partial charge >= 0.3 is 0 Å². The number of nitrogens with one attached hydrogen (secondary N) is 2. The van der Waals surface area contributed by atoms with Gasteiger partial charge in [0.15, 0.2) is 0 Å². The number of carbonyl (C=O) groups excluding carboxylic acids is 2. The van der Waals surface area contributed by atoms with Crippen LogP contribution in [0.25, 0.3) is 11.1 Å². The molecule has 0 atom stereocenters. The molecule has 2 N–H and O–H groups in total. The van der Waals surface area contributed by atoms with Gasteiger partial charge in [0.25, 0.3) is 0 Å².